The lowest BCUT2D eigenvalue weighted by atomic mass is 10.0. The Bertz CT molecular complexity index is 270. The van der Waals surface area contributed by atoms with Crippen LogP contribution in [-0.2, 0) is 0 Å². The van der Waals surface area contributed by atoms with Gasteiger partial charge in [-0.05, 0) is 6.92 Å². The Hall–Kier alpha value is -0.810. The molecule has 3 rings (SSSR count). The highest BCUT2D eigenvalue weighted by molar-refractivity contribution is 5.69. The van der Waals surface area contributed by atoms with Gasteiger partial charge < -0.3 is 8.97 Å². The molecule has 16 heavy (non-hydrogen) atoms. The maximum atomic E-state index is 5.46. The van der Waals surface area contributed by atoms with E-state index in [2.05, 4.69) is 19.0 Å². The average molecular weight is 228 g/mol. The summed E-state index contributed by atoms with van der Waals surface area (Å²) in [7, 11) is 2.39. The van der Waals surface area contributed by atoms with Gasteiger partial charge in [-0.25, -0.2) is 0 Å². The number of hydrogen-bond acceptors (Lipinski definition) is 0. The lowest BCUT2D eigenvalue weighted by Gasteiger charge is -2.56. The summed E-state index contributed by atoms with van der Waals surface area (Å²) < 4.78 is 2.54. The van der Waals surface area contributed by atoms with Gasteiger partial charge >= 0.3 is 5.96 Å². The third kappa shape index (κ3) is 2.01. The van der Waals surface area contributed by atoms with Gasteiger partial charge in [0.15, 0.2) is 0 Å². The predicted octanol–water partition coefficient (Wildman–Crippen LogP) is -2.98. The molecule has 3 fully saturated rings. The summed E-state index contributed by atoms with van der Waals surface area (Å²) >= 11 is 0. The molecule has 0 spiro atoms. The SMILES string of the molecule is C[C@H](C[NH+]=C(N)N)[N+]12CC[N+](C)(CC1)CC2. The number of likely N-dealkylation sites (N-methyl/N-ethyl adjacent to an activating group) is 1. The Morgan fingerprint density at radius 1 is 1.12 bits per heavy atom. The number of rotatable bonds is 3. The summed E-state index contributed by atoms with van der Waals surface area (Å²) in [4.78, 5) is 3.08. The molecule has 0 aromatic heterocycles. The molecule has 0 aromatic rings. The molecule has 0 unspecified atom stereocenters. The standard InChI is InChI=1S/C11H25N5/c1-10(9-14-11(12)13)16-6-3-15(2,4-7-16)5-8-16/h10H,3-9H2,1-2H3,(H4,12,13,14)/q+2/p+1/t10-,15?,16?/m1/s1. The summed E-state index contributed by atoms with van der Waals surface area (Å²) in [5.41, 5.74) is 10.9. The molecule has 0 aliphatic carbocycles. The zero-order chi connectivity index (χ0) is 11.8. The molecule has 5 heteroatoms. The van der Waals surface area contributed by atoms with E-state index in [1.807, 2.05) is 0 Å². The van der Waals surface area contributed by atoms with Crippen molar-refractivity contribution >= 4 is 5.96 Å². The molecule has 5 nitrogen and oxygen atoms in total. The highest BCUT2D eigenvalue weighted by atomic mass is 15.5. The van der Waals surface area contributed by atoms with Gasteiger partial charge in [-0.2, -0.15) is 0 Å². The first-order valence-electron chi connectivity index (χ1n) is 6.27. The quantitative estimate of drug-likeness (QED) is 0.274. The minimum atomic E-state index is 0.347. The summed E-state index contributed by atoms with van der Waals surface area (Å²) in [5, 5.41) is 0. The van der Waals surface area contributed by atoms with Crippen molar-refractivity contribution in [2.45, 2.75) is 13.0 Å². The molecule has 0 amide bonds. The van der Waals surface area contributed by atoms with Crippen LogP contribution in [0.15, 0.2) is 0 Å². The molecular weight excluding hydrogens is 202 g/mol. The van der Waals surface area contributed by atoms with Gasteiger partial charge in [0, 0.05) is 0 Å². The fourth-order valence-corrected chi connectivity index (χ4v) is 3.11. The second kappa shape index (κ2) is 3.89. The smallest absolute Gasteiger partial charge is 0.312 e. The normalized spacial score (nSPS) is 39.4. The molecule has 0 radical (unpaired) electrons. The van der Waals surface area contributed by atoms with Crippen LogP contribution in [0.5, 0.6) is 0 Å². The molecule has 92 valence electrons. The van der Waals surface area contributed by atoms with Crippen LogP contribution in [0.4, 0.5) is 0 Å². The van der Waals surface area contributed by atoms with E-state index in [1.54, 1.807) is 0 Å². The highest BCUT2D eigenvalue weighted by Gasteiger charge is 2.49. The van der Waals surface area contributed by atoms with Crippen LogP contribution in [0.3, 0.4) is 0 Å². The maximum Gasteiger partial charge on any atom is 0.338 e. The number of guanidine groups is 1. The fourth-order valence-electron chi connectivity index (χ4n) is 3.11. The van der Waals surface area contributed by atoms with Crippen LogP contribution in [0.2, 0.25) is 0 Å². The highest BCUT2D eigenvalue weighted by Crippen LogP contribution is 2.26. The molecule has 1 atom stereocenters. The topological polar surface area (TPSA) is 66.0 Å². The van der Waals surface area contributed by atoms with Gasteiger partial charge in [0.2, 0.25) is 0 Å². The number of fused-ring (bicyclic) bond motifs is 3. The van der Waals surface area contributed by atoms with Crippen molar-refractivity contribution in [3.05, 3.63) is 0 Å². The van der Waals surface area contributed by atoms with Crippen molar-refractivity contribution in [3.63, 3.8) is 0 Å². The lowest BCUT2D eigenvalue weighted by molar-refractivity contribution is -1.08. The molecule has 3 aliphatic rings. The Kier molecular flexibility index (Phi) is 2.84. The minimum Gasteiger partial charge on any atom is -0.312 e. The number of nitrogens with zero attached hydrogens (tertiary/aromatic N) is 2. The van der Waals surface area contributed by atoms with Crippen molar-refractivity contribution in [1.82, 2.24) is 0 Å². The third-order valence-electron chi connectivity index (χ3n) is 4.79. The van der Waals surface area contributed by atoms with Crippen molar-refractivity contribution < 1.29 is 14.0 Å². The Morgan fingerprint density at radius 3 is 2.06 bits per heavy atom. The number of quaternary nitrogens is 2. The summed E-state index contributed by atoms with van der Waals surface area (Å²) in [6.45, 7) is 11.1. The zero-order valence-electron chi connectivity index (χ0n) is 10.6. The first-order chi connectivity index (χ1) is 7.46. The van der Waals surface area contributed by atoms with Crippen molar-refractivity contribution in [2.75, 3.05) is 52.9 Å². The molecule has 3 heterocycles. The van der Waals surface area contributed by atoms with Crippen LogP contribution in [-0.4, -0.2) is 73.8 Å². The van der Waals surface area contributed by atoms with Gasteiger partial charge in [-0.1, -0.05) is 0 Å². The van der Waals surface area contributed by atoms with E-state index in [0.29, 0.717) is 12.0 Å². The van der Waals surface area contributed by atoms with Crippen LogP contribution >= 0.6 is 0 Å². The molecule has 5 N–H and O–H groups in total. The van der Waals surface area contributed by atoms with Gasteiger partial charge in [0.25, 0.3) is 0 Å². The number of nitrogens with two attached hydrogens (primary N) is 2. The van der Waals surface area contributed by atoms with Crippen LogP contribution in [0, 0.1) is 0 Å². The van der Waals surface area contributed by atoms with Crippen LogP contribution < -0.4 is 16.5 Å². The number of nitrogens with one attached hydrogen (secondary N) is 1. The third-order valence-corrected chi connectivity index (χ3v) is 4.79. The number of piperazine rings is 3. The molecular formula is C11H26N5+3. The first kappa shape index (κ1) is 11.7. The summed E-state index contributed by atoms with van der Waals surface area (Å²) in [5.74, 6) is 0.347. The Morgan fingerprint density at radius 2 is 1.62 bits per heavy atom. The van der Waals surface area contributed by atoms with E-state index in [9.17, 15) is 0 Å². The first-order valence-corrected chi connectivity index (χ1v) is 6.27. The molecule has 2 bridgehead atoms. The van der Waals surface area contributed by atoms with Gasteiger partial charge in [0.1, 0.15) is 51.9 Å². The van der Waals surface area contributed by atoms with E-state index in [4.69, 9.17) is 11.5 Å². The predicted molar refractivity (Wildman–Crippen MR) is 64.3 cm³/mol. The van der Waals surface area contributed by atoms with E-state index in [0.717, 1.165) is 6.54 Å². The Labute approximate surface area is 97.9 Å². The van der Waals surface area contributed by atoms with E-state index >= 15 is 0 Å². The van der Waals surface area contributed by atoms with Crippen LogP contribution in [0.25, 0.3) is 0 Å². The largest absolute Gasteiger partial charge is 0.338 e. The second-order valence-electron chi connectivity index (χ2n) is 5.86. The second-order valence-corrected chi connectivity index (χ2v) is 5.86. The average Bonchev–Trinajstić information content (AvgIpc) is 2.27. The maximum absolute atomic E-state index is 5.46. The van der Waals surface area contributed by atoms with Gasteiger partial charge in [0.05, 0.1) is 7.05 Å². The van der Waals surface area contributed by atoms with Gasteiger partial charge in [-0.15, -0.1) is 0 Å². The lowest BCUT2D eigenvalue weighted by Crippen LogP contribution is -2.85. The fraction of sp³-hybridized carbons (Fsp3) is 0.909. The monoisotopic (exact) mass is 228 g/mol. The minimum absolute atomic E-state index is 0.347. The van der Waals surface area contributed by atoms with E-state index in [1.165, 1.54) is 48.2 Å². The van der Waals surface area contributed by atoms with Crippen molar-refractivity contribution in [2.24, 2.45) is 11.5 Å². The molecule has 3 saturated heterocycles. The van der Waals surface area contributed by atoms with Crippen molar-refractivity contribution in [3.8, 4) is 0 Å². The molecule has 0 aromatic carbocycles. The Balaban J connectivity index is 2.01. The van der Waals surface area contributed by atoms with Crippen LogP contribution in [0.1, 0.15) is 6.92 Å². The van der Waals surface area contributed by atoms with E-state index < -0.39 is 0 Å². The van der Waals surface area contributed by atoms with E-state index in [-0.39, 0.29) is 0 Å². The van der Waals surface area contributed by atoms with Crippen molar-refractivity contribution in [1.29, 1.82) is 0 Å². The number of hydrogen-bond donors (Lipinski definition) is 3. The van der Waals surface area contributed by atoms with Gasteiger partial charge in [-0.3, -0.25) is 16.5 Å². The summed E-state index contributed by atoms with van der Waals surface area (Å²) in [6.07, 6.45) is 0. The zero-order valence-corrected chi connectivity index (χ0v) is 10.6. The molecule has 3 aliphatic heterocycles. The summed E-state index contributed by atoms with van der Waals surface area (Å²) in [6, 6.07) is 0.608. The molecule has 0 saturated carbocycles.